The van der Waals surface area contributed by atoms with Crippen molar-refractivity contribution in [1.82, 2.24) is 4.98 Å². The number of rotatable bonds is 7. The van der Waals surface area contributed by atoms with Crippen molar-refractivity contribution >= 4 is 26.5 Å². The Morgan fingerprint density at radius 3 is 2.52 bits per heavy atom. The van der Waals surface area contributed by atoms with E-state index in [9.17, 15) is 8.42 Å². The minimum absolute atomic E-state index is 0.162. The molecule has 0 fully saturated rings. The SMILES string of the molecule is COCCOc1ccc(S(=O)(=O)Nc2ncc(C)s2)cc1. The van der Waals surface area contributed by atoms with Crippen molar-refractivity contribution in [2.75, 3.05) is 25.0 Å². The fourth-order valence-corrected chi connectivity index (χ4v) is 3.44. The van der Waals surface area contributed by atoms with Gasteiger partial charge in [0.15, 0.2) is 5.13 Å². The molecule has 0 saturated heterocycles. The average Bonchev–Trinajstić information content (AvgIpc) is 2.84. The quantitative estimate of drug-likeness (QED) is 0.789. The molecule has 0 aliphatic carbocycles. The lowest BCUT2D eigenvalue weighted by molar-refractivity contribution is 0.146. The molecular weight excluding hydrogens is 312 g/mol. The molecule has 0 amide bonds. The van der Waals surface area contributed by atoms with Gasteiger partial charge in [-0.05, 0) is 31.2 Å². The summed E-state index contributed by atoms with van der Waals surface area (Å²) >= 11 is 1.29. The maximum Gasteiger partial charge on any atom is 0.263 e. The maximum absolute atomic E-state index is 12.2. The molecule has 0 atom stereocenters. The molecular formula is C13H16N2O4S2. The van der Waals surface area contributed by atoms with E-state index in [0.717, 1.165) is 4.88 Å². The van der Waals surface area contributed by atoms with Gasteiger partial charge in [0.25, 0.3) is 10.0 Å². The number of anilines is 1. The molecule has 0 aliphatic heterocycles. The van der Waals surface area contributed by atoms with Crippen molar-refractivity contribution in [2.24, 2.45) is 0 Å². The van der Waals surface area contributed by atoms with Gasteiger partial charge < -0.3 is 9.47 Å². The first-order valence-corrected chi connectivity index (χ1v) is 8.48. The van der Waals surface area contributed by atoms with Crippen molar-refractivity contribution in [3.05, 3.63) is 35.3 Å². The summed E-state index contributed by atoms with van der Waals surface area (Å²) in [5, 5.41) is 0.355. The van der Waals surface area contributed by atoms with Crippen molar-refractivity contribution in [3.63, 3.8) is 0 Å². The van der Waals surface area contributed by atoms with E-state index in [1.165, 1.54) is 23.5 Å². The van der Waals surface area contributed by atoms with E-state index in [2.05, 4.69) is 9.71 Å². The van der Waals surface area contributed by atoms with Crippen LogP contribution in [-0.4, -0.2) is 33.7 Å². The number of sulfonamides is 1. The third-order valence-electron chi connectivity index (χ3n) is 2.53. The number of methoxy groups -OCH3 is 1. The number of aryl methyl sites for hydroxylation is 1. The van der Waals surface area contributed by atoms with E-state index in [1.54, 1.807) is 25.4 Å². The van der Waals surface area contributed by atoms with Gasteiger partial charge in [-0.2, -0.15) is 0 Å². The van der Waals surface area contributed by atoms with Gasteiger partial charge in [-0.3, -0.25) is 4.72 Å². The molecule has 0 bridgehead atoms. The number of thiazole rings is 1. The summed E-state index contributed by atoms with van der Waals surface area (Å²) < 4.78 is 37.1. The van der Waals surface area contributed by atoms with Gasteiger partial charge in [-0.1, -0.05) is 0 Å². The van der Waals surface area contributed by atoms with Gasteiger partial charge in [-0.15, -0.1) is 11.3 Å². The highest BCUT2D eigenvalue weighted by molar-refractivity contribution is 7.93. The normalized spacial score (nSPS) is 11.3. The summed E-state index contributed by atoms with van der Waals surface area (Å²) in [4.78, 5) is 5.08. The van der Waals surface area contributed by atoms with Crippen molar-refractivity contribution in [3.8, 4) is 5.75 Å². The molecule has 8 heteroatoms. The number of ether oxygens (including phenoxy) is 2. The smallest absolute Gasteiger partial charge is 0.263 e. The second-order valence-electron chi connectivity index (χ2n) is 4.19. The lowest BCUT2D eigenvalue weighted by atomic mass is 10.3. The van der Waals surface area contributed by atoms with Crippen LogP contribution in [0.4, 0.5) is 5.13 Å². The second-order valence-corrected chi connectivity index (χ2v) is 7.11. The Balaban J connectivity index is 2.06. The molecule has 2 rings (SSSR count). The third kappa shape index (κ3) is 4.42. The van der Waals surface area contributed by atoms with E-state index in [0.29, 0.717) is 24.1 Å². The van der Waals surface area contributed by atoms with Crippen LogP contribution in [0.15, 0.2) is 35.4 Å². The topological polar surface area (TPSA) is 77.5 Å². The van der Waals surface area contributed by atoms with Crippen LogP contribution in [0.25, 0.3) is 0 Å². The lowest BCUT2D eigenvalue weighted by Crippen LogP contribution is -2.12. The van der Waals surface area contributed by atoms with Crippen LogP contribution >= 0.6 is 11.3 Å². The predicted octanol–water partition coefficient (Wildman–Crippen LogP) is 2.28. The van der Waals surface area contributed by atoms with Crippen LogP contribution in [-0.2, 0) is 14.8 Å². The monoisotopic (exact) mass is 328 g/mol. The largest absolute Gasteiger partial charge is 0.491 e. The Morgan fingerprint density at radius 1 is 1.24 bits per heavy atom. The zero-order valence-electron chi connectivity index (χ0n) is 11.7. The van der Waals surface area contributed by atoms with Crippen LogP contribution in [0.5, 0.6) is 5.75 Å². The standard InChI is InChI=1S/C13H16N2O4S2/c1-10-9-14-13(20-10)15-21(16,17)12-5-3-11(4-6-12)19-8-7-18-2/h3-6,9H,7-8H2,1-2H3,(H,14,15). The molecule has 1 aromatic carbocycles. The Hall–Kier alpha value is -1.64. The molecule has 1 aromatic heterocycles. The van der Waals surface area contributed by atoms with Crippen LogP contribution < -0.4 is 9.46 Å². The fraction of sp³-hybridized carbons (Fsp3) is 0.308. The summed E-state index contributed by atoms with van der Waals surface area (Å²) in [5.41, 5.74) is 0. The molecule has 0 saturated carbocycles. The van der Waals surface area contributed by atoms with Gasteiger partial charge in [-0.25, -0.2) is 13.4 Å². The number of hydrogen-bond acceptors (Lipinski definition) is 6. The highest BCUT2D eigenvalue weighted by Gasteiger charge is 2.15. The van der Waals surface area contributed by atoms with E-state index in [4.69, 9.17) is 9.47 Å². The van der Waals surface area contributed by atoms with Crippen LogP contribution in [0, 0.1) is 6.92 Å². The Morgan fingerprint density at radius 2 is 1.95 bits per heavy atom. The molecule has 0 aliphatic rings. The maximum atomic E-state index is 12.2. The first-order valence-electron chi connectivity index (χ1n) is 6.18. The molecule has 1 heterocycles. The summed E-state index contributed by atoms with van der Waals surface area (Å²) in [5.74, 6) is 0.594. The first kappa shape index (κ1) is 15.7. The third-order valence-corrected chi connectivity index (χ3v) is 4.85. The van der Waals surface area contributed by atoms with Crippen LogP contribution in [0.3, 0.4) is 0 Å². The van der Waals surface area contributed by atoms with Gasteiger partial charge in [0.2, 0.25) is 0 Å². The van der Waals surface area contributed by atoms with Gasteiger partial charge >= 0.3 is 0 Å². The highest BCUT2D eigenvalue weighted by atomic mass is 32.2. The molecule has 1 N–H and O–H groups in total. The fourth-order valence-electron chi connectivity index (χ4n) is 1.53. The van der Waals surface area contributed by atoms with Crippen molar-refractivity contribution in [1.29, 1.82) is 0 Å². The molecule has 0 radical (unpaired) electrons. The molecule has 0 unspecified atom stereocenters. The zero-order chi connectivity index (χ0) is 15.3. The summed E-state index contributed by atoms with van der Waals surface area (Å²) in [6, 6.07) is 6.20. The number of nitrogens with zero attached hydrogens (tertiary/aromatic N) is 1. The Bertz CT molecular complexity index is 680. The van der Waals surface area contributed by atoms with Gasteiger partial charge in [0.1, 0.15) is 12.4 Å². The zero-order valence-corrected chi connectivity index (χ0v) is 13.3. The molecule has 21 heavy (non-hydrogen) atoms. The van der Waals surface area contributed by atoms with Gasteiger partial charge in [0, 0.05) is 18.2 Å². The van der Waals surface area contributed by atoms with Crippen molar-refractivity contribution in [2.45, 2.75) is 11.8 Å². The molecule has 0 spiro atoms. The predicted molar refractivity (Wildman–Crippen MR) is 81.5 cm³/mol. The van der Waals surface area contributed by atoms with E-state index < -0.39 is 10.0 Å². The van der Waals surface area contributed by atoms with E-state index >= 15 is 0 Å². The van der Waals surface area contributed by atoms with E-state index in [1.807, 2.05) is 6.92 Å². The molecule has 2 aromatic rings. The average molecular weight is 328 g/mol. The second kappa shape index (κ2) is 6.88. The minimum atomic E-state index is -3.62. The molecule has 6 nitrogen and oxygen atoms in total. The lowest BCUT2D eigenvalue weighted by Gasteiger charge is -2.08. The number of aromatic nitrogens is 1. The number of benzene rings is 1. The van der Waals surface area contributed by atoms with Gasteiger partial charge in [0.05, 0.1) is 11.5 Å². The van der Waals surface area contributed by atoms with Crippen LogP contribution in [0.2, 0.25) is 0 Å². The summed E-state index contributed by atoms with van der Waals surface area (Å²) in [6.07, 6.45) is 1.62. The number of hydrogen-bond donors (Lipinski definition) is 1. The Labute approximate surface area is 127 Å². The number of nitrogens with one attached hydrogen (secondary N) is 1. The van der Waals surface area contributed by atoms with Crippen molar-refractivity contribution < 1.29 is 17.9 Å². The Kier molecular flexibility index (Phi) is 5.16. The van der Waals surface area contributed by atoms with E-state index in [-0.39, 0.29) is 4.90 Å². The minimum Gasteiger partial charge on any atom is -0.491 e. The van der Waals surface area contributed by atoms with Crippen LogP contribution in [0.1, 0.15) is 4.88 Å². The summed E-state index contributed by atoms with van der Waals surface area (Å²) in [6.45, 7) is 2.76. The highest BCUT2D eigenvalue weighted by Crippen LogP contribution is 2.22. The first-order chi connectivity index (χ1) is 10.0. The summed E-state index contributed by atoms with van der Waals surface area (Å²) in [7, 11) is -2.04. The molecule has 114 valence electrons.